The van der Waals surface area contributed by atoms with E-state index in [0.717, 1.165) is 5.56 Å². The summed E-state index contributed by atoms with van der Waals surface area (Å²) >= 11 is 0. The molecule has 0 aromatic heterocycles. The van der Waals surface area contributed by atoms with E-state index in [-0.39, 0.29) is 5.75 Å². The zero-order chi connectivity index (χ0) is 12.3. The Kier molecular flexibility index (Phi) is 3.33. The standard InChI is InChI=1S/C13H14O3S/c1-11-5-7-13(8-6-11)17(14,15)10-12-4-2-3-9-16-12/h2-9,12H,10H2,1H3. The highest BCUT2D eigenvalue weighted by Gasteiger charge is 2.20. The van der Waals surface area contributed by atoms with Gasteiger partial charge < -0.3 is 4.74 Å². The molecule has 0 radical (unpaired) electrons. The van der Waals surface area contributed by atoms with Crippen molar-refractivity contribution in [3.63, 3.8) is 0 Å². The number of benzene rings is 1. The molecule has 1 aliphatic heterocycles. The molecule has 0 saturated heterocycles. The number of rotatable bonds is 3. The summed E-state index contributed by atoms with van der Waals surface area (Å²) in [6.07, 6.45) is 6.38. The van der Waals surface area contributed by atoms with Crippen LogP contribution >= 0.6 is 0 Å². The highest BCUT2D eigenvalue weighted by Crippen LogP contribution is 2.15. The summed E-state index contributed by atoms with van der Waals surface area (Å²) in [5.74, 6) is -0.0309. The van der Waals surface area contributed by atoms with Crippen LogP contribution in [0.3, 0.4) is 0 Å². The first-order chi connectivity index (χ1) is 8.08. The Bertz CT molecular complexity index is 539. The fraction of sp³-hybridized carbons (Fsp3) is 0.231. The van der Waals surface area contributed by atoms with Crippen molar-refractivity contribution >= 4 is 9.84 Å². The predicted octanol–water partition coefficient (Wildman–Crippen LogP) is 2.24. The fourth-order valence-electron chi connectivity index (χ4n) is 1.58. The molecule has 1 aliphatic rings. The molecule has 90 valence electrons. The predicted molar refractivity (Wildman–Crippen MR) is 66.4 cm³/mol. The summed E-state index contributed by atoms with van der Waals surface area (Å²) in [7, 11) is -3.29. The zero-order valence-corrected chi connectivity index (χ0v) is 10.4. The molecular formula is C13H14O3S. The smallest absolute Gasteiger partial charge is 0.182 e. The minimum Gasteiger partial charge on any atom is -0.493 e. The molecule has 0 bridgehead atoms. The summed E-state index contributed by atoms with van der Waals surface area (Å²) < 4.78 is 29.4. The number of allylic oxidation sites excluding steroid dienone is 2. The Hall–Kier alpha value is -1.55. The first-order valence-corrected chi connectivity index (χ1v) is 7.01. The van der Waals surface area contributed by atoms with Crippen molar-refractivity contribution < 1.29 is 13.2 Å². The van der Waals surface area contributed by atoms with Crippen LogP contribution in [0, 0.1) is 6.92 Å². The van der Waals surface area contributed by atoms with Crippen LogP contribution in [-0.4, -0.2) is 20.3 Å². The first-order valence-electron chi connectivity index (χ1n) is 5.36. The van der Waals surface area contributed by atoms with E-state index in [4.69, 9.17) is 4.74 Å². The van der Waals surface area contributed by atoms with Crippen molar-refractivity contribution in [2.45, 2.75) is 17.9 Å². The van der Waals surface area contributed by atoms with Gasteiger partial charge in [-0.05, 0) is 31.2 Å². The normalized spacial score (nSPS) is 19.0. The van der Waals surface area contributed by atoms with Gasteiger partial charge in [0, 0.05) is 0 Å². The van der Waals surface area contributed by atoms with Crippen LogP contribution in [0.4, 0.5) is 0 Å². The summed E-state index contributed by atoms with van der Waals surface area (Å²) in [6, 6.07) is 6.86. The van der Waals surface area contributed by atoms with Gasteiger partial charge in [0.25, 0.3) is 0 Å². The Morgan fingerprint density at radius 1 is 1.18 bits per heavy atom. The van der Waals surface area contributed by atoms with E-state index < -0.39 is 15.9 Å². The molecule has 0 amide bonds. The van der Waals surface area contributed by atoms with Gasteiger partial charge in [-0.2, -0.15) is 0 Å². The van der Waals surface area contributed by atoms with Crippen LogP contribution in [0.2, 0.25) is 0 Å². The molecule has 1 aromatic rings. The van der Waals surface area contributed by atoms with Gasteiger partial charge in [0.2, 0.25) is 0 Å². The number of hydrogen-bond acceptors (Lipinski definition) is 3. The number of hydrogen-bond donors (Lipinski definition) is 0. The van der Waals surface area contributed by atoms with Crippen molar-refractivity contribution in [2.75, 3.05) is 5.75 Å². The monoisotopic (exact) mass is 250 g/mol. The minimum absolute atomic E-state index is 0.0309. The molecule has 2 rings (SSSR count). The molecule has 0 fully saturated rings. The van der Waals surface area contributed by atoms with Gasteiger partial charge in [-0.25, -0.2) is 8.42 Å². The molecule has 0 spiro atoms. The lowest BCUT2D eigenvalue weighted by molar-refractivity contribution is 0.202. The van der Waals surface area contributed by atoms with E-state index in [2.05, 4.69) is 0 Å². The van der Waals surface area contributed by atoms with Crippen LogP contribution in [0.5, 0.6) is 0 Å². The van der Waals surface area contributed by atoms with Crippen LogP contribution < -0.4 is 0 Å². The third kappa shape index (κ3) is 2.97. The quantitative estimate of drug-likeness (QED) is 0.826. The minimum atomic E-state index is -3.29. The van der Waals surface area contributed by atoms with E-state index in [9.17, 15) is 8.42 Å². The molecule has 0 N–H and O–H groups in total. The molecule has 3 nitrogen and oxygen atoms in total. The van der Waals surface area contributed by atoms with Crippen LogP contribution in [0.15, 0.2) is 53.7 Å². The molecule has 0 saturated carbocycles. The number of ether oxygens (including phenoxy) is 1. The Morgan fingerprint density at radius 2 is 1.88 bits per heavy atom. The molecule has 1 atom stereocenters. The first kappa shape index (κ1) is 11.9. The third-order valence-corrected chi connectivity index (χ3v) is 4.29. The largest absolute Gasteiger partial charge is 0.493 e. The number of aryl methyl sites for hydroxylation is 1. The van der Waals surface area contributed by atoms with Crippen LogP contribution in [0.1, 0.15) is 5.56 Å². The summed E-state index contributed by atoms with van der Waals surface area (Å²) in [5, 5.41) is 0. The highest BCUT2D eigenvalue weighted by atomic mass is 32.2. The summed E-state index contributed by atoms with van der Waals surface area (Å²) in [4.78, 5) is 0.342. The van der Waals surface area contributed by atoms with E-state index in [1.165, 1.54) is 6.26 Å². The van der Waals surface area contributed by atoms with Gasteiger partial charge in [-0.1, -0.05) is 23.8 Å². The fourth-order valence-corrected chi connectivity index (χ4v) is 2.94. The Morgan fingerprint density at radius 3 is 2.47 bits per heavy atom. The molecule has 1 aromatic carbocycles. The second kappa shape index (κ2) is 4.75. The second-order valence-corrected chi connectivity index (χ2v) is 6.02. The molecule has 1 unspecified atom stereocenters. The molecular weight excluding hydrogens is 236 g/mol. The van der Waals surface area contributed by atoms with Crippen molar-refractivity contribution in [1.29, 1.82) is 0 Å². The number of sulfone groups is 1. The third-order valence-electron chi connectivity index (χ3n) is 2.53. The zero-order valence-electron chi connectivity index (χ0n) is 9.54. The van der Waals surface area contributed by atoms with Crippen molar-refractivity contribution in [3.8, 4) is 0 Å². The van der Waals surface area contributed by atoms with Gasteiger partial charge in [-0.15, -0.1) is 0 Å². The summed E-state index contributed by atoms with van der Waals surface area (Å²) in [6.45, 7) is 1.92. The van der Waals surface area contributed by atoms with Gasteiger partial charge >= 0.3 is 0 Å². The SMILES string of the molecule is Cc1ccc(S(=O)(=O)CC2C=CC=CO2)cc1. The van der Waals surface area contributed by atoms with Gasteiger partial charge in [0.15, 0.2) is 9.84 Å². The average molecular weight is 250 g/mol. The summed E-state index contributed by atoms with van der Waals surface area (Å²) in [5.41, 5.74) is 1.04. The average Bonchev–Trinajstić information content (AvgIpc) is 2.30. The van der Waals surface area contributed by atoms with Crippen molar-refractivity contribution in [1.82, 2.24) is 0 Å². The van der Waals surface area contributed by atoms with E-state index >= 15 is 0 Å². The Balaban J connectivity index is 2.16. The highest BCUT2D eigenvalue weighted by molar-refractivity contribution is 7.91. The van der Waals surface area contributed by atoms with E-state index in [0.29, 0.717) is 4.90 Å². The van der Waals surface area contributed by atoms with Crippen LogP contribution in [-0.2, 0) is 14.6 Å². The molecule has 1 heterocycles. The van der Waals surface area contributed by atoms with Gasteiger partial charge in [0.1, 0.15) is 6.10 Å². The van der Waals surface area contributed by atoms with E-state index in [1.807, 2.05) is 6.92 Å². The lowest BCUT2D eigenvalue weighted by atomic mass is 10.2. The van der Waals surface area contributed by atoms with Gasteiger partial charge in [-0.3, -0.25) is 0 Å². The van der Waals surface area contributed by atoms with Gasteiger partial charge in [0.05, 0.1) is 16.9 Å². The maximum atomic E-state index is 12.1. The maximum Gasteiger partial charge on any atom is 0.182 e. The molecule has 0 aliphatic carbocycles. The Labute approximate surface area is 101 Å². The van der Waals surface area contributed by atoms with Crippen molar-refractivity contribution in [2.24, 2.45) is 0 Å². The van der Waals surface area contributed by atoms with E-state index in [1.54, 1.807) is 42.5 Å². The topological polar surface area (TPSA) is 43.4 Å². The second-order valence-electron chi connectivity index (χ2n) is 3.98. The molecule has 17 heavy (non-hydrogen) atoms. The maximum absolute atomic E-state index is 12.1. The lowest BCUT2D eigenvalue weighted by Crippen LogP contribution is -2.21. The van der Waals surface area contributed by atoms with Crippen LogP contribution in [0.25, 0.3) is 0 Å². The van der Waals surface area contributed by atoms with Crippen molar-refractivity contribution in [3.05, 3.63) is 54.3 Å². The lowest BCUT2D eigenvalue weighted by Gasteiger charge is -2.15. The molecule has 4 heteroatoms.